The van der Waals surface area contributed by atoms with Crippen molar-refractivity contribution in [2.75, 3.05) is 11.0 Å². The van der Waals surface area contributed by atoms with Crippen molar-refractivity contribution in [2.24, 2.45) is 7.05 Å². The summed E-state index contributed by atoms with van der Waals surface area (Å²) >= 11 is 0. The van der Waals surface area contributed by atoms with Crippen LogP contribution in [0.1, 0.15) is 27.3 Å². The Kier molecular flexibility index (Phi) is 5.52. The van der Waals surface area contributed by atoms with Crippen LogP contribution in [0.2, 0.25) is 0 Å². The van der Waals surface area contributed by atoms with E-state index in [1.54, 1.807) is 13.1 Å². The van der Waals surface area contributed by atoms with Gasteiger partial charge < -0.3 is 4.57 Å². The van der Waals surface area contributed by atoms with Crippen molar-refractivity contribution in [1.82, 2.24) is 4.57 Å². The van der Waals surface area contributed by atoms with E-state index in [-0.39, 0.29) is 28.9 Å². The third kappa shape index (κ3) is 4.68. The number of carbonyl (C=O) groups excluding carboxylic acids is 1. The van der Waals surface area contributed by atoms with E-state index in [2.05, 4.69) is 4.72 Å². The van der Waals surface area contributed by atoms with Crippen LogP contribution < -0.4 is 4.72 Å². The van der Waals surface area contributed by atoms with Crippen molar-refractivity contribution in [3.05, 3.63) is 88.5 Å². The van der Waals surface area contributed by atoms with Gasteiger partial charge in [0.2, 0.25) is 15.8 Å². The molecule has 1 aromatic heterocycles. The van der Waals surface area contributed by atoms with E-state index in [4.69, 9.17) is 0 Å². The summed E-state index contributed by atoms with van der Waals surface area (Å²) in [5.74, 6) is -2.98. The summed E-state index contributed by atoms with van der Waals surface area (Å²) in [6, 6.07) is 9.75. The smallest absolute Gasteiger partial charge is 0.229 e. The Labute approximate surface area is 165 Å². The average Bonchev–Trinajstić information content (AvgIpc) is 2.96. The first kappa shape index (κ1) is 20.7. The van der Waals surface area contributed by atoms with Crippen molar-refractivity contribution >= 4 is 21.5 Å². The second-order valence-corrected chi connectivity index (χ2v) is 8.33. The van der Waals surface area contributed by atoms with Crippen LogP contribution in [-0.4, -0.2) is 25.0 Å². The van der Waals surface area contributed by atoms with E-state index in [0.29, 0.717) is 11.8 Å². The number of halogens is 3. The molecule has 0 spiro atoms. The third-order valence-electron chi connectivity index (χ3n) is 4.36. The normalized spacial score (nSPS) is 11.5. The first-order chi connectivity index (χ1) is 13.5. The number of nitrogens with zero attached hydrogens (tertiary/aromatic N) is 1. The standard InChI is InChI=1S/C20H17F3N2O3S/c1-25-15(9-12-3-5-14(11-17(12)22)24-29(2,27)28)6-8-19(25)20(26)16-7-4-13(21)10-18(16)23/h3-8,10-11,24H,9H2,1-2H3. The van der Waals surface area contributed by atoms with Crippen LogP contribution >= 0.6 is 0 Å². The molecular formula is C20H17F3N2O3S. The second-order valence-electron chi connectivity index (χ2n) is 6.58. The largest absolute Gasteiger partial charge is 0.345 e. The maximum atomic E-state index is 14.4. The van der Waals surface area contributed by atoms with E-state index >= 15 is 0 Å². The maximum Gasteiger partial charge on any atom is 0.229 e. The number of aromatic nitrogens is 1. The highest BCUT2D eigenvalue weighted by Gasteiger charge is 2.19. The number of sulfonamides is 1. The summed E-state index contributed by atoms with van der Waals surface area (Å²) in [5, 5.41) is 0. The van der Waals surface area contributed by atoms with Gasteiger partial charge in [0.15, 0.2) is 0 Å². The first-order valence-corrected chi connectivity index (χ1v) is 10.3. The molecule has 1 heterocycles. The number of ketones is 1. The molecular weight excluding hydrogens is 405 g/mol. The Hall–Kier alpha value is -3.07. The SMILES string of the molecule is Cn1c(Cc2ccc(NS(C)(=O)=O)cc2F)ccc1C(=O)c1ccc(F)cc1F. The summed E-state index contributed by atoms with van der Waals surface area (Å²) < 4.78 is 67.5. The number of carbonyl (C=O) groups is 1. The lowest BCUT2D eigenvalue weighted by atomic mass is 10.1. The zero-order valence-corrected chi connectivity index (χ0v) is 16.4. The molecule has 0 amide bonds. The van der Waals surface area contributed by atoms with Gasteiger partial charge in [-0.25, -0.2) is 21.6 Å². The topological polar surface area (TPSA) is 68.2 Å². The molecule has 0 aliphatic carbocycles. The molecule has 1 N–H and O–H groups in total. The van der Waals surface area contributed by atoms with Gasteiger partial charge in [0.25, 0.3) is 0 Å². The predicted molar refractivity (Wildman–Crippen MR) is 103 cm³/mol. The molecule has 3 aromatic rings. The molecule has 3 rings (SSSR count). The molecule has 0 aliphatic heterocycles. The fraction of sp³-hybridized carbons (Fsp3) is 0.150. The minimum Gasteiger partial charge on any atom is -0.345 e. The van der Waals surface area contributed by atoms with E-state index in [1.165, 1.54) is 22.8 Å². The number of anilines is 1. The summed E-state index contributed by atoms with van der Waals surface area (Å²) in [5.41, 5.74) is 0.877. The van der Waals surface area contributed by atoms with Crippen molar-refractivity contribution in [1.29, 1.82) is 0 Å². The van der Waals surface area contributed by atoms with Gasteiger partial charge in [-0.2, -0.15) is 0 Å². The first-order valence-electron chi connectivity index (χ1n) is 8.46. The van der Waals surface area contributed by atoms with Crippen molar-refractivity contribution in [3.63, 3.8) is 0 Å². The summed E-state index contributed by atoms with van der Waals surface area (Å²) in [6.07, 6.45) is 1.09. The highest BCUT2D eigenvalue weighted by molar-refractivity contribution is 7.92. The van der Waals surface area contributed by atoms with Crippen LogP contribution in [0.3, 0.4) is 0 Å². The van der Waals surface area contributed by atoms with Crippen LogP contribution in [0, 0.1) is 17.5 Å². The number of hydrogen-bond donors (Lipinski definition) is 1. The van der Waals surface area contributed by atoms with Crippen LogP contribution in [-0.2, 0) is 23.5 Å². The van der Waals surface area contributed by atoms with Gasteiger partial charge in [0, 0.05) is 25.2 Å². The van der Waals surface area contributed by atoms with Gasteiger partial charge in [0.05, 0.1) is 23.2 Å². The predicted octanol–water partition coefficient (Wildman–Crippen LogP) is 3.64. The molecule has 5 nitrogen and oxygen atoms in total. The van der Waals surface area contributed by atoms with Crippen LogP contribution in [0.5, 0.6) is 0 Å². The Morgan fingerprint density at radius 3 is 2.34 bits per heavy atom. The molecule has 9 heteroatoms. The van der Waals surface area contributed by atoms with Crippen LogP contribution in [0.15, 0.2) is 48.5 Å². The molecule has 29 heavy (non-hydrogen) atoms. The maximum absolute atomic E-state index is 14.4. The molecule has 0 unspecified atom stereocenters. The molecule has 152 valence electrons. The zero-order chi connectivity index (χ0) is 21.3. The molecule has 0 radical (unpaired) electrons. The molecule has 0 bridgehead atoms. The van der Waals surface area contributed by atoms with E-state index < -0.39 is 33.3 Å². The van der Waals surface area contributed by atoms with Gasteiger partial charge in [-0.3, -0.25) is 9.52 Å². The van der Waals surface area contributed by atoms with Gasteiger partial charge in [-0.1, -0.05) is 6.07 Å². The average molecular weight is 422 g/mol. The molecule has 0 saturated heterocycles. The van der Waals surface area contributed by atoms with Crippen LogP contribution in [0.25, 0.3) is 0 Å². The number of hydrogen-bond acceptors (Lipinski definition) is 3. The lowest BCUT2D eigenvalue weighted by Gasteiger charge is -2.10. The minimum absolute atomic E-state index is 0.100. The summed E-state index contributed by atoms with van der Waals surface area (Å²) in [6.45, 7) is 0. The Bertz CT molecular complexity index is 1200. The molecule has 0 aliphatic rings. The molecule has 0 fully saturated rings. The molecule has 2 aromatic carbocycles. The van der Waals surface area contributed by atoms with Crippen molar-refractivity contribution < 1.29 is 26.4 Å². The quantitative estimate of drug-likeness (QED) is 0.617. The van der Waals surface area contributed by atoms with E-state index in [0.717, 1.165) is 24.5 Å². The van der Waals surface area contributed by atoms with Gasteiger partial charge in [-0.05, 0) is 42.0 Å². The summed E-state index contributed by atoms with van der Waals surface area (Å²) in [4.78, 5) is 12.6. The third-order valence-corrected chi connectivity index (χ3v) is 4.97. The lowest BCUT2D eigenvalue weighted by Crippen LogP contribution is -2.12. The van der Waals surface area contributed by atoms with E-state index in [1.807, 2.05) is 0 Å². The molecule has 0 saturated carbocycles. The number of benzene rings is 2. The Balaban J connectivity index is 1.85. The number of nitrogens with one attached hydrogen (secondary N) is 1. The fourth-order valence-corrected chi connectivity index (χ4v) is 3.49. The monoisotopic (exact) mass is 422 g/mol. The van der Waals surface area contributed by atoms with Crippen molar-refractivity contribution in [3.8, 4) is 0 Å². The van der Waals surface area contributed by atoms with Gasteiger partial charge in [0.1, 0.15) is 17.5 Å². The minimum atomic E-state index is -3.52. The van der Waals surface area contributed by atoms with Crippen molar-refractivity contribution in [2.45, 2.75) is 6.42 Å². The van der Waals surface area contributed by atoms with Crippen LogP contribution in [0.4, 0.5) is 18.9 Å². The highest BCUT2D eigenvalue weighted by Crippen LogP contribution is 2.21. The Morgan fingerprint density at radius 1 is 1.00 bits per heavy atom. The highest BCUT2D eigenvalue weighted by atomic mass is 32.2. The molecule has 0 atom stereocenters. The lowest BCUT2D eigenvalue weighted by molar-refractivity contribution is 0.102. The zero-order valence-electron chi connectivity index (χ0n) is 15.5. The fourth-order valence-electron chi connectivity index (χ4n) is 2.93. The van der Waals surface area contributed by atoms with Gasteiger partial charge in [-0.15, -0.1) is 0 Å². The summed E-state index contributed by atoms with van der Waals surface area (Å²) in [7, 11) is -1.94. The van der Waals surface area contributed by atoms with Gasteiger partial charge >= 0.3 is 0 Å². The Morgan fingerprint density at radius 2 is 1.72 bits per heavy atom. The number of rotatable bonds is 6. The van der Waals surface area contributed by atoms with E-state index in [9.17, 15) is 26.4 Å². The second kappa shape index (κ2) is 7.75.